The van der Waals surface area contributed by atoms with Gasteiger partial charge in [-0.2, -0.15) is 0 Å². The molecular formula is C22H28O. The monoisotopic (exact) mass is 308 g/mol. The molecule has 0 aromatic heterocycles. The van der Waals surface area contributed by atoms with Gasteiger partial charge in [0.05, 0.1) is 0 Å². The van der Waals surface area contributed by atoms with E-state index < -0.39 is 0 Å². The molecular weight excluding hydrogens is 280 g/mol. The van der Waals surface area contributed by atoms with Gasteiger partial charge in [-0.1, -0.05) is 83.1 Å². The fraction of sp³-hybridized carbons (Fsp3) is 0.409. The molecule has 0 aliphatic heterocycles. The minimum absolute atomic E-state index is 0.0987. The molecule has 2 aromatic carbocycles. The van der Waals surface area contributed by atoms with E-state index in [9.17, 15) is 4.79 Å². The van der Waals surface area contributed by atoms with E-state index in [1.54, 1.807) is 0 Å². The van der Waals surface area contributed by atoms with Gasteiger partial charge < -0.3 is 0 Å². The largest absolute Gasteiger partial charge is 0.289 e. The first-order valence-corrected chi connectivity index (χ1v) is 8.64. The van der Waals surface area contributed by atoms with Crippen LogP contribution < -0.4 is 0 Å². The standard InChI is InChI=1S/C22H28O/c1-6-16(3)17-8-10-18(11-9-17)21(23)19-12-14-20(15-13-19)22(4,5)7-2/h8-16H,6-7H2,1-5H3. The Labute approximate surface area is 140 Å². The van der Waals surface area contributed by atoms with Crippen molar-refractivity contribution in [1.29, 1.82) is 0 Å². The fourth-order valence-electron chi connectivity index (χ4n) is 2.64. The van der Waals surface area contributed by atoms with Crippen LogP contribution in [0.5, 0.6) is 0 Å². The number of ketones is 1. The maximum absolute atomic E-state index is 12.6. The van der Waals surface area contributed by atoms with Crippen molar-refractivity contribution in [3.8, 4) is 0 Å². The molecule has 0 saturated carbocycles. The third kappa shape index (κ3) is 3.90. The van der Waals surface area contributed by atoms with Crippen LogP contribution in [0.4, 0.5) is 0 Å². The number of carbonyl (C=O) groups is 1. The van der Waals surface area contributed by atoms with Gasteiger partial charge in [0.15, 0.2) is 5.78 Å². The zero-order valence-electron chi connectivity index (χ0n) is 15.0. The van der Waals surface area contributed by atoms with E-state index in [4.69, 9.17) is 0 Å². The summed E-state index contributed by atoms with van der Waals surface area (Å²) in [5, 5.41) is 0. The highest BCUT2D eigenvalue weighted by molar-refractivity contribution is 6.09. The lowest BCUT2D eigenvalue weighted by Crippen LogP contribution is -2.15. The molecule has 1 atom stereocenters. The number of carbonyl (C=O) groups excluding carboxylic acids is 1. The van der Waals surface area contributed by atoms with Crippen molar-refractivity contribution >= 4 is 5.78 Å². The second kappa shape index (κ2) is 7.12. The van der Waals surface area contributed by atoms with Crippen LogP contribution in [0, 0.1) is 0 Å². The molecule has 0 heterocycles. The normalized spacial score (nSPS) is 12.9. The summed E-state index contributed by atoms with van der Waals surface area (Å²) in [6.45, 7) is 11.1. The highest BCUT2D eigenvalue weighted by atomic mass is 16.1. The number of hydrogen-bond acceptors (Lipinski definition) is 1. The molecule has 0 aliphatic carbocycles. The van der Waals surface area contributed by atoms with Crippen LogP contribution in [0.3, 0.4) is 0 Å². The Hall–Kier alpha value is -1.89. The van der Waals surface area contributed by atoms with Crippen LogP contribution in [0.1, 0.15) is 80.4 Å². The Bertz CT molecular complexity index is 647. The lowest BCUT2D eigenvalue weighted by Gasteiger charge is -2.23. The summed E-state index contributed by atoms with van der Waals surface area (Å²) in [6, 6.07) is 16.1. The average Bonchev–Trinajstić information content (AvgIpc) is 2.60. The Morgan fingerprint density at radius 2 is 1.39 bits per heavy atom. The van der Waals surface area contributed by atoms with Crippen molar-refractivity contribution < 1.29 is 4.79 Å². The van der Waals surface area contributed by atoms with Crippen molar-refractivity contribution in [1.82, 2.24) is 0 Å². The van der Waals surface area contributed by atoms with E-state index in [0.29, 0.717) is 5.92 Å². The summed E-state index contributed by atoms with van der Waals surface area (Å²) in [5.74, 6) is 0.635. The first kappa shape index (κ1) is 17.5. The highest BCUT2D eigenvalue weighted by Crippen LogP contribution is 2.27. The molecule has 0 radical (unpaired) electrons. The molecule has 23 heavy (non-hydrogen) atoms. The molecule has 0 amide bonds. The molecule has 0 bridgehead atoms. The minimum atomic E-state index is 0.0987. The lowest BCUT2D eigenvalue weighted by atomic mass is 9.82. The van der Waals surface area contributed by atoms with Crippen LogP contribution in [0.2, 0.25) is 0 Å². The molecule has 1 unspecified atom stereocenters. The van der Waals surface area contributed by atoms with Gasteiger partial charge in [0, 0.05) is 11.1 Å². The SMILES string of the molecule is CCC(C)c1ccc(C(=O)c2ccc(C(C)(C)CC)cc2)cc1. The summed E-state index contributed by atoms with van der Waals surface area (Å²) in [6.07, 6.45) is 2.19. The number of benzene rings is 2. The predicted octanol–water partition coefficient (Wildman–Crippen LogP) is 6.12. The average molecular weight is 308 g/mol. The molecule has 0 saturated heterocycles. The van der Waals surface area contributed by atoms with E-state index in [0.717, 1.165) is 24.0 Å². The van der Waals surface area contributed by atoms with Crippen molar-refractivity contribution in [2.45, 2.75) is 58.8 Å². The van der Waals surface area contributed by atoms with Gasteiger partial charge in [-0.3, -0.25) is 4.79 Å². The Kier molecular flexibility index (Phi) is 5.41. The lowest BCUT2D eigenvalue weighted by molar-refractivity contribution is 0.103. The molecule has 0 aliphatic rings. The van der Waals surface area contributed by atoms with Crippen molar-refractivity contribution in [2.24, 2.45) is 0 Å². The molecule has 122 valence electrons. The van der Waals surface area contributed by atoms with Crippen LogP contribution in [0.25, 0.3) is 0 Å². The molecule has 0 fully saturated rings. The highest BCUT2D eigenvalue weighted by Gasteiger charge is 2.18. The summed E-state index contributed by atoms with van der Waals surface area (Å²) in [4.78, 5) is 12.6. The second-order valence-electron chi connectivity index (χ2n) is 7.08. The van der Waals surface area contributed by atoms with E-state index in [1.807, 2.05) is 24.3 Å². The van der Waals surface area contributed by atoms with E-state index >= 15 is 0 Å². The van der Waals surface area contributed by atoms with Crippen LogP contribution in [-0.4, -0.2) is 5.78 Å². The zero-order valence-corrected chi connectivity index (χ0v) is 15.0. The third-order valence-electron chi connectivity index (χ3n) is 5.17. The van der Waals surface area contributed by atoms with E-state index in [2.05, 4.69) is 58.9 Å². The van der Waals surface area contributed by atoms with Gasteiger partial charge in [-0.15, -0.1) is 0 Å². The molecule has 2 rings (SSSR count). The van der Waals surface area contributed by atoms with Gasteiger partial charge in [0.25, 0.3) is 0 Å². The van der Waals surface area contributed by atoms with E-state index in [1.165, 1.54) is 11.1 Å². The van der Waals surface area contributed by atoms with Gasteiger partial charge in [-0.25, -0.2) is 0 Å². The predicted molar refractivity (Wildman–Crippen MR) is 98.3 cm³/mol. The Morgan fingerprint density at radius 1 is 0.913 bits per heavy atom. The van der Waals surface area contributed by atoms with Crippen molar-refractivity contribution in [3.05, 3.63) is 70.8 Å². The molecule has 2 aromatic rings. The maximum Gasteiger partial charge on any atom is 0.193 e. The van der Waals surface area contributed by atoms with Crippen LogP contribution >= 0.6 is 0 Å². The van der Waals surface area contributed by atoms with Crippen molar-refractivity contribution in [3.63, 3.8) is 0 Å². The van der Waals surface area contributed by atoms with Gasteiger partial charge in [-0.05, 0) is 35.3 Å². The topological polar surface area (TPSA) is 17.1 Å². The first-order chi connectivity index (χ1) is 10.9. The summed E-state index contributed by atoms with van der Waals surface area (Å²) in [7, 11) is 0. The Balaban J connectivity index is 2.20. The number of rotatable bonds is 6. The fourth-order valence-corrected chi connectivity index (χ4v) is 2.64. The maximum atomic E-state index is 12.6. The van der Waals surface area contributed by atoms with Crippen LogP contribution in [-0.2, 0) is 5.41 Å². The van der Waals surface area contributed by atoms with Crippen molar-refractivity contribution in [2.75, 3.05) is 0 Å². The van der Waals surface area contributed by atoms with Gasteiger partial charge in [0.1, 0.15) is 0 Å². The third-order valence-corrected chi connectivity index (χ3v) is 5.17. The summed E-state index contributed by atoms with van der Waals surface area (Å²) in [5.41, 5.74) is 4.25. The number of hydrogen-bond donors (Lipinski definition) is 0. The quantitative estimate of drug-likeness (QED) is 0.588. The zero-order chi connectivity index (χ0) is 17.0. The van der Waals surface area contributed by atoms with E-state index in [-0.39, 0.29) is 11.2 Å². The molecule has 0 spiro atoms. The van der Waals surface area contributed by atoms with Gasteiger partial charge >= 0.3 is 0 Å². The molecule has 1 heteroatoms. The molecule has 0 N–H and O–H groups in total. The second-order valence-corrected chi connectivity index (χ2v) is 7.08. The smallest absolute Gasteiger partial charge is 0.193 e. The van der Waals surface area contributed by atoms with Gasteiger partial charge in [0.2, 0.25) is 0 Å². The van der Waals surface area contributed by atoms with Crippen LogP contribution in [0.15, 0.2) is 48.5 Å². The first-order valence-electron chi connectivity index (χ1n) is 8.64. The summed E-state index contributed by atoms with van der Waals surface area (Å²) >= 11 is 0. The Morgan fingerprint density at radius 3 is 1.83 bits per heavy atom. The molecule has 1 nitrogen and oxygen atoms in total. The minimum Gasteiger partial charge on any atom is -0.289 e. The summed E-state index contributed by atoms with van der Waals surface area (Å²) < 4.78 is 0.